The van der Waals surface area contributed by atoms with Crippen LogP contribution in [0, 0.1) is 23.4 Å². The van der Waals surface area contributed by atoms with Crippen LogP contribution >= 0.6 is 0 Å². The topological polar surface area (TPSA) is 29.9 Å². The molecule has 2 heterocycles. The Morgan fingerprint density at radius 2 is 2.00 bits per heavy atom. The van der Waals surface area contributed by atoms with Crippen molar-refractivity contribution in [1.29, 1.82) is 0 Å². The first-order chi connectivity index (χ1) is 10.1. The van der Waals surface area contributed by atoms with Gasteiger partial charge in [-0.2, -0.15) is 0 Å². The highest BCUT2D eigenvalue weighted by atomic mass is 19.2. The molecule has 1 N–H and O–H groups in total. The Bertz CT molecular complexity index is 639. The van der Waals surface area contributed by atoms with Crippen molar-refractivity contribution in [2.75, 3.05) is 6.54 Å². The third-order valence-corrected chi connectivity index (χ3v) is 3.87. The average molecular weight is 295 g/mol. The Balaban J connectivity index is 1.54. The summed E-state index contributed by atoms with van der Waals surface area (Å²) in [6, 6.07) is 1.50. The number of nitrogens with one attached hydrogen (secondary N) is 1. The minimum Gasteiger partial charge on any atom is -0.335 e. The van der Waals surface area contributed by atoms with E-state index in [-0.39, 0.29) is 12.1 Å². The summed E-state index contributed by atoms with van der Waals surface area (Å²) in [7, 11) is 0. The smallest absolute Gasteiger partial charge is 0.161 e. The van der Waals surface area contributed by atoms with Gasteiger partial charge in [0.25, 0.3) is 0 Å². The van der Waals surface area contributed by atoms with E-state index in [0.29, 0.717) is 18.5 Å². The van der Waals surface area contributed by atoms with Gasteiger partial charge in [-0.3, -0.25) is 0 Å². The molecular weight excluding hydrogens is 279 g/mol. The summed E-state index contributed by atoms with van der Waals surface area (Å²) in [5, 5.41) is 3.12. The molecule has 3 rings (SSSR count). The maximum atomic E-state index is 13.5. The highest BCUT2D eigenvalue weighted by Crippen LogP contribution is 2.18. The predicted octanol–water partition coefficient (Wildman–Crippen LogP) is 2.65. The zero-order chi connectivity index (χ0) is 14.8. The van der Waals surface area contributed by atoms with Gasteiger partial charge in [-0.1, -0.05) is 0 Å². The maximum absolute atomic E-state index is 13.5. The lowest BCUT2D eigenvalue weighted by Crippen LogP contribution is -2.30. The number of aromatic nitrogens is 2. The van der Waals surface area contributed by atoms with E-state index >= 15 is 0 Å². The van der Waals surface area contributed by atoms with E-state index in [1.165, 1.54) is 0 Å². The van der Waals surface area contributed by atoms with Crippen LogP contribution in [0.5, 0.6) is 0 Å². The number of fused-ring (bicyclic) bond motifs is 1. The van der Waals surface area contributed by atoms with E-state index in [0.717, 1.165) is 31.3 Å². The van der Waals surface area contributed by atoms with Crippen molar-refractivity contribution in [2.24, 2.45) is 5.92 Å². The lowest BCUT2D eigenvalue weighted by molar-refractivity contribution is 0.346. The quantitative estimate of drug-likeness (QED) is 0.879. The van der Waals surface area contributed by atoms with Crippen molar-refractivity contribution >= 4 is 0 Å². The molecule has 0 aliphatic carbocycles. The SMILES string of the molecule is Fc1cc(F)c(CNC[C@H]2CCc3nccn3C2)cc1F. The van der Waals surface area contributed by atoms with E-state index in [1.807, 2.05) is 6.20 Å². The van der Waals surface area contributed by atoms with Crippen molar-refractivity contribution in [3.8, 4) is 0 Å². The minimum absolute atomic E-state index is 0.146. The summed E-state index contributed by atoms with van der Waals surface area (Å²) in [5.74, 6) is -1.37. The van der Waals surface area contributed by atoms with E-state index in [9.17, 15) is 13.2 Å². The van der Waals surface area contributed by atoms with Crippen LogP contribution in [-0.2, 0) is 19.5 Å². The molecule has 0 fully saturated rings. The Morgan fingerprint density at radius 1 is 1.19 bits per heavy atom. The second kappa shape index (κ2) is 5.89. The summed E-state index contributed by atoms with van der Waals surface area (Å²) in [5.41, 5.74) is 0.146. The lowest BCUT2D eigenvalue weighted by Gasteiger charge is -2.24. The zero-order valence-corrected chi connectivity index (χ0v) is 11.5. The molecule has 0 unspecified atom stereocenters. The van der Waals surface area contributed by atoms with Crippen molar-refractivity contribution in [3.63, 3.8) is 0 Å². The van der Waals surface area contributed by atoms with E-state index in [2.05, 4.69) is 14.9 Å². The molecule has 1 aliphatic heterocycles. The van der Waals surface area contributed by atoms with Crippen LogP contribution < -0.4 is 5.32 Å². The molecule has 0 amide bonds. The van der Waals surface area contributed by atoms with Crippen LogP contribution in [0.3, 0.4) is 0 Å². The molecular formula is C15H16F3N3. The number of hydrogen-bond acceptors (Lipinski definition) is 2. The van der Waals surface area contributed by atoms with E-state index in [1.54, 1.807) is 6.20 Å². The Hall–Kier alpha value is -1.82. The summed E-state index contributed by atoms with van der Waals surface area (Å²) < 4.78 is 41.5. The molecule has 1 aromatic heterocycles. The molecule has 0 saturated carbocycles. The fourth-order valence-electron chi connectivity index (χ4n) is 2.71. The summed E-state index contributed by atoms with van der Waals surface area (Å²) >= 11 is 0. The Kier molecular flexibility index (Phi) is 3.96. The lowest BCUT2D eigenvalue weighted by atomic mass is 9.99. The number of halogens is 3. The van der Waals surface area contributed by atoms with Crippen molar-refractivity contribution in [2.45, 2.75) is 25.9 Å². The molecule has 1 atom stereocenters. The van der Waals surface area contributed by atoms with Gasteiger partial charge in [0.05, 0.1) is 0 Å². The molecule has 1 aromatic carbocycles. The van der Waals surface area contributed by atoms with Crippen molar-refractivity contribution in [3.05, 3.63) is 53.4 Å². The van der Waals surface area contributed by atoms with Gasteiger partial charge in [0.2, 0.25) is 0 Å². The van der Waals surface area contributed by atoms with Gasteiger partial charge >= 0.3 is 0 Å². The Morgan fingerprint density at radius 3 is 2.86 bits per heavy atom. The molecule has 21 heavy (non-hydrogen) atoms. The van der Waals surface area contributed by atoms with Gasteiger partial charge in [0.15, 0.2) is 11.6 Å². The molecule has 6 heteroatoms. The van der Waals surface area contributed by atoms with Crippen LogP contribution in [0.2, 0.25) is 0 Å². The summed E-state index contributed by atoms with van der Waals surface area (Å²) in [6.45, 7) is 1.77. The molecule has 0 spiro atoms. The minimum atomic E-state index is -1.16. The Labute approximate surface area is 120 Å². The van der Waals surface area contributed by atoms with Crippen LogP contribution in [-0.4, -0.2) is 16.1 Å². The van der Waals surface area contributed by atoms with Crippen LogP contribution in [0.4, 0.5) is 13.2 Å². The summed E-state index contributed by atoms with van der Waals surface area (Å²) in [6.07, 6.45) is 5.70. The highest BCUT2D eigenvalue weighted by Gasteiger charge is 2.18. The first-order valence-corrected chi connectivity index (χ1v) is 6.97. The van der Waals surface area contributed by atoms with Gasteiger partial charge in [-0.05, 0) is 24.9 Å². The van der Waals surface area contributed by atoms with E-state index < -0.39 is 17.5 Å². The van der Waals surface area contributed by atoms with Gasteiger partial charge in [-0.15, -0.1) is 0 Å². The second-order valence-electron chi connectivity index (χ2n) is 5.39. The van der Waals surface area contributed by atoms with Gasteiger partial charge in [0, 0.05) is 43.5 Å². The standard InChI is InChI=1S/C15H16F3N3/c16-12-6-14(18)13(17)5-11(12)8-19-7-10-1-2-15-20-3-4-21(15)9-10/h3-6,10,19H,1-2,7-9H2/t10-/m1/s1. The second-order valence-corrected chi connectivity index (χ2v) is 5.39. The first-order valence-electron chi connectivity index (χ1n) is 6.97. The van der Waals surface area contributed by atoms with Crippen molar-refractivity contribution < 1.29 is 13.2 Å². The highest BCUT2D eigenvalue weighted by molar-refractivity contribution is 5.19. The fourth-order valence-corrected chi connectivity index (χ4v) is 2.71. The molecule has 2 aromatic rings. The molecule has 0 radical (unpaired) electrons. The molecule has 0 saturated heterocycles. The molecule has 0 bridgehead atoms. The zero-order valence-electron chi connectivity index (χ0n) is 11.5. The number of imidazole rings is 1. The fraction of sp³-hybridized carbons (Fsp3) is 0.400. The number of benzene rings is 1. The van der Waals surface area contributed by atoms with Gasteiger partial charge in [0.1, 0.15) is 11.6 Å². The monoisotopic (exact) mass is 295 g/mol. The number of rotatable bonds is 4. The number of aryl methyl sites for hydroxylation is 1. The van der Waals surface area contributed by atoms with Crippen LogP contribution in [0.15, 0.2) is 24.5 Å². The van der Waals surface area contributed by atoms with Crippen molar-refractivity contribution in [1.82, 2.24) is 14.9 Å². The van der Waals surface area contributed by atoms with Crippen LogP contribution in [0.25, 0.3) is 0 Å². The third-order valence-electron chi connectivity index (χ3n) is 3.87. The summed E-state index contributed by atoms with van der Waals surface area (Å²) in [4.78, 5) is 4.26. The van der Waals surface area contributed by atoms with Gasteiger partial charge in [-0.25, -0.2) is 18.2 Å². The first kappa shape index (κ1) is 14.1. The molecule has 1 aliphatic rings. The third kappa shape index (κ3) is 3.10. The van der Waals surface area contributed by atoms with Crippen LogP contribution in [0.1, 0.15) is 17.8 Å². The normalized spacial score (nSPS) is 17.8. The number of nitrogens with zero attached hydrogens (tertiary/aromatic N) is 2. The van der Waals surface area contributed by atoms with E-state index in [4.69, 9.17) is 0 Å². The predicted molar refractivity (Wildman–Crippen MR) is 72.1 cm³/mol. The number of hydrogen-bond donors (Lipinski definition) is 1. The molecule has 3 nitrogen and oxygen atoms in total. The maximum Gasteiger partial charge on any atom is 0.161 e. The average Bonchev–Trinajstić information content (AvgIpc) is 2.92. The largest absolute Gasteiger partial charge is 0.335 e. The molecule has 112 valence electrons. The van der Waals surface area contributed by atoms with Gasteiger partial charge < -0.3 is 9.88 Å².